The van der Waals surface area contributed by atoms with E-state index in [-0.39, 0.29) is 5.91 Å². The number of carbonyl (C=O) groups is 1. The van der Waals surface area contributed by atoms with E-state index >= 15 is 0 Å². The Hall–Kier alpha value is -2.17. The van der Waals surface area contributed by atoms with Gasteiger partial charge in [0, 0.05) is 31.9 Å². The third-order valence-electron chi connectivity index (χ3n) is 3.81. The molecule has 0 radical (unpaired) electrons. The number of hydrogen-bond acceptors (Lipinski definition) is 3. The highest BCUT2D eigenvalue weighted by atomic mass is 16.2. The van der Waals surface area contributed by atoms with Crippen molar-refractivity contribution in [1.82, 2.24) is 20.1 Å². The SMILES string of the molecule is CC(=O)N1CC[C@H](Cc2cccc(-c3ccn[nH]3)n2)C1. The monoisotopic (exact) mass is 270 g/mol. The Morgan fingerprint density at radius 2 is 2.35 bits per heavy atom. The smallest absolute Gasteiger partial charge is 0.219 e. The van der Waals surface area contributed by atoms with Gasteiger partial charge in [0.25, 0.3) is 0 Å². The maximum absolute atomic E-state index is 11.4. The van der Waals surface area contributed by atoms with Gasteiger partial charge in [-0.2, -0.15) is 5.10 Å². The molecule has 0 unspecified atom stereocenters. The van der Waals surface area contributed by atoms with Crippen LogP contribution < -0.4 is 0 Å². The lowest BCUT2D eigenvalue weighted by molar-refractivity contribution is -0.127. The van der Waals surface area contributed by atoms with Gasteiger partial charge in [0.15, 0.2) is 0 Å². The Balaban J connectivity index is 1.70. The van der Waals surface area contributed by atoms with Gasteiger partial charge in [-0.05, 0) is 37.0 Å². The van der Waals surface area contributed by atoms with E-state index in [2.05, 4.69) is 21.2 Å². The zero-order valence-electron chi connectivity index (χ0n) is 11.5. The van der Waals surface area contributed by atoms with Crippen LogP contribution in [0.15, 0.2) is 30.5 Å². The van der Waals surface area contributed by atoms with Crippen molar-refractivity contribution in [3.05, 3.63) is 36.2 Å². The molecular weight excluding hydrogens is 252 g/mol. The number of H-pyrrole nitrogens is 1. The zero-order chi connectivity index (χ0) is 13.9. The normalized spacial score (nSPS) is 18.4. The fraction of sp³-hybridized carbons (Fsp3) is 0.400. The van der Waals surface area contributed by atoms with Crippen LogP contribution in [0.4, 0.5) is 0 Å². The molecule has 3 heterocycles. The van der Waals surface area contributed by atoms with Gasteiger partial charge in [-0.25, -0.2) is 0 Å². The number of pyridine rings is 1. The fourth-order valence-corrected chi connectivity index (χ4v) is 2.72. The molecular formula is C15H18N4O. The Labute approximate surface area is 118 Å². The van der Waals surface area contributed by atoms with E-state index in [1.165, 1.54) is 0 Å². The molecule has 1 N–H and O–H groups in total. The lowest BCUT2D eigenvalue weighted by Crippen LogP contribution is -2.26. The average Bonchev–Trinajstić information content (AvgIpc) is 3.10. The van der Waals surface area contributed by atoms with E-state index in [0.717, 1.165) is 43.0 Å². The number of aromatic amines is 1. The summed E-state index contributed by atoms with van der Waals surface area (Å²) in [6.45, 7) is 3.37. The maximum atomic E-state index is 11.4. The Morgan fingerprint density at radius 1 is 1.45 bits per heavy atom. The van der Waals surface area contributed by atoms with Gasteiger partial charge in [0.05, 0.1) is 11.4 Å². The molecule has 3 rings (SSSR count). The molecule has 0 aromatic carbocycles. The van der Waals surface area contributed by atoms with Crippen molar-refractivity contribution < 1.29 is 4.79 Å². The van der Waals surface area contributed by atoms with Crippen LogP contribution in [0.5, 0.6) is 0 Å². The van der Waals surface area contributed by atoms with Gasteiger partial charge in [0.2, 0.25) is 5.91 Å². The number of amides is 1. The molecule has 1 atom stereocenters. The lowest BCUT2D eigenvalue weighted by atomic mass is 10.0. The summed E-state index contributed by atoms with van der Waals surface area (Å²) >= 11 is 0. The molecule has 1 aliphatic heterocycles. The molecule has 0 spiro atoms. The first kappa shape index (κ1) is 12.8. The number of rotatable bonds is 3. The molecule has 5 heteroatoms. The summed E-state index contributed by atoms with van der Waals surface area (Å²) in [6.07, 6.45) is 3.71. The van der Waals surface area contributed by atoms with E-state index in [0.29, 0.717) is 5.92 Å². The maximum Gasteiger partial charge on any atom is 0.219 e. The molecule has 2 aromatic heterocycles. The molecule has 5 nitrogen and oxygen atoms in total. The van der Waals surface area contributed by atoms with E-state index in [9.17, 15) is 4.79 Å². The van der Waals surface area contributed by atoms with E-state index < -0.39 is 0 Å². The first-order valence-corrected chi connectivity index (χ1v) is 6.93. The molecule has 20 heavy (non-hydrogen) atoms. The second-order valence-corrected chi connectivity index (χ2v) is 5.31. The highest BCUT2D eigenvalue weighted by Crippen LogP contribution is 2.21. The van der Waals surface area contributed by atoms with Crippen LogP contribution >= 0.6 is 0 Å². The van der Waals surface area contributed by atoms with Crippen molar-refractivity contribution in [2.24, 2.45) is 5.92 Å². The van der Waals surface area contributed by atoms with E-state index in [1.54, 1.807) is 13.1 Å². The third-order valence-corrected chi connectivity index (χ3v) is 3.81. The Bertz CT molecular complexity index is 594. The van der Waals surface area contributed by atoms with Crippen LogP contribution in [0, 0.1) is 5.92 Å². The van der Waals surface area contributed by atoms with Crippen LogP contribution in [-0.2, 0) is 11.2 Å². The predicted octanol–water partition coefficient (Wildman–Crippen LogP) is 1.88. The number of hydrogen-bond donors (Lipinski definition) is 1. The second kappa shape index (κ2) is 5.45. The molecule has 0 saturated carbocycles. The van der Waals surface area contributed by atoms with Crippen LogP contribution in [-0.4, -0.2) is 39.1 Å². The van der Waals surface area contributed by atoms with Gasteiger partial charge < -0.3 is 4.90 Å². The van der Waals surface area contributed by atoms with Gasteiger partial charge in [0.1, 0.15) is 0 Å². The predicted molar refractivity (Wildman–Crippen MR) is 75.9 cm³/mol. The minimum Gasteiger partial charge on any atom is -0.343 e. The summed E-state index contributed by atoms with van der Waals surface area (Å²) in [5.41, 5.74) is 2.93. The summed E-state index contributed by atoms with van der Waals surface area (Å²) in [5.74, 6) is 0.690. The van der Waals surface area contributed by atoms with Gasteiger partial charge in [-0.1, -0.05) is 6.07 Å². The van der Waals surface area contributed by atoms with Crippen LogP contribution in [0.1, 0.15) is 19.0 Å². The zero-order valence-corrected chi connectivity index (χ0v) is 11.5. The van der Waals surface area contributed by atoms with E-state index in [1.807, 2.05) is 23.1 Å². The van der Waals surface area contributed by atoms with Gasteiger partial charge in [-0.3, -0.25) is 14.9 Å². The molecule has 0 aliphatic carbocycles. The summed E-state index contributed by atoms with van der Waals surface area (Å²) in [4.78, 5) is 17.9. The summed E-state index contributed by atoms with van der Waals surface area (Å²) < 4.78 is 0. The van der Waals surface area contributed by atoms with Crippen molar-refractivity contribution in [2.75, 3.05) is 13.1 Å². The lowest BCUT2D eigenvalue weighted by Gasteiger charge is -2.13. The molecule has 1 aliphatic rings. The van der Waals surface area contributed by atoms with Gasteiger partial charge in [-0.15, -0.1) is 0 Å². The largest absolute Gasteiger partial charge is 0.343 e. The molecule has 0 bridgehead atoms. The quantitative estimate of drug-likeness (QED) is 0.926. The summed E-state index contributed by atoms with van der Waals surface area (Å²) in [5, 5.41) is 6.88. The number of carbonyl (C=O) groups excluding carboxylic acids is 1. The fourth-order valence-electron chi connectivity index (χ4n) is 2.72. The number of aromatic nitrogens is 3. The number of nitrogens with one attached hydrogen (secondary N) is 1. The third kappa shape index (κ3) is 2.71. The van der Waals surface area contributed by atoms with Crippen LogP contribution in [0.2, 0.25) is 0 Å². The first-order chi connectivity index (χ1) is 9.72. The van der Waals surface area contributed by atoms with E-state index in [4.69, 9.17) is 0 Å². The molecule has 1 saturated heterocycles. The minimum absolute atomic E-state index is 0.173. The number of nitrogens with zero attached hydrogens (tertiary/aromatic N) is 3. The summed E-state index contributed by atoms with van der Waals surface area (Å²) in [7, 11) is 0. The van der Waals surface area contributed by atoms with Gasteiger partial charge >= 0.3 is 0 Å². The first-order valence-electron chi connectivity index (χ1n) is 6.93. The molecule has 2 aromatic rings. The topological polar surface area (TPSA) is 61.9 Å². The Morgan fingerprint density at radius 3 is 3.05 bits per heavy atom. The van der Waals surface area contributed by atoms with Crippen LogP contribution in [0.3, 0.4) is 0 Å². The molecule has 104 valence electrons. The number of likely N-dealkylation sites (tertiary alicyclic amines) is 1. The van der Waals surface area contributed by atoms with Crippen molar-refractivity contribution in [3.8, 4) is 11.4 Å². The highest BCUT2D eigenvalue weighted by molar-refractivity contribution is 5.73. The highest BCUT2D eigenvalue weighted by Gasteiger charge is 2.24. The molecule has 1 fully saturated rings. The van der Waals surface area contributed by atoms with Crippen LogP contribution in [0.25, 0.3) is 11.4 Å². The van der Waals surface area contributed by atoms with Crippen molar-refractivity contribution in [1.29, 1.82) is 0 Å². The van der Waals surface area contributed by atoms with Crippen molar-refractivity contribution in [2.45, 2.75) is 19.8 Å². The van der Waals surface area contributed by atoms with Crippen molar-refractivity contribution in [3.63, 3.8) is 0 Å². The standard InChI is InChI=1S/C15H18N4O/c1-11(20)19-8-6-12(10-19)9-13-3-2-4-14(17-13)15-5-7-16-18-15/h2-5,7,12H,6,8-10H2,1H3,(H,16,18)/t12-/m1/s1. The second-order valence-electron chi connectivity index (χ2n) is 5.31. The Kier molecular flexibility index (Phi) is 3.50. The van der Waals surface area contributed by atoms with Crippen molar-refractivity contribution >= 4 is 5.91 Å². The minimum atomic E-state index is 0.173. The average molecular weight is 270 g/mol. The molecule has 1 amide bonds. The summed E-state index contributed by atoms with van der Waals surface area (Å²) in [6, 6.07) is 7.97.